The number of alkyl halides is 1. The van der Waals surface area contributed by atoms with Gasteiger partial charge in [0.2, 0.25) is 0 Å². The molecular formula is C21H22Cl3NO2. The summed E-state index contributed by atoms with van der Waals surface area (Å²) >= 11 is 18.5. The van der Waals surface area contributed by atoms with Crippen molar-refractivity contribution in [1.29, 1.82) is 0 Å². The molecule has 1 heterocycles. The van der Waals surface area contributed by atoms with Crippen LogP contribution in [0.2, 0.25) is 10.3 Å². The summed E-state index contributed by atoms with van der Waals surface area (Å²) < 4.78 is 0. The maximum Gasteiger partial charge on any atom is 0.331 e. The molecular weight excluding hydrogens is 405 g/mol. The number of rotatable bonds is 7. The molecule has 3 atom stereocenters. The van der Waals surface area contributed by atoms with Crippen molar-refractivity contribution in [2.24, 2.45) is 11.8 Å². The van der Waals surface area contributed by atoms with E-state index in [-0.39, 0.29) is 5.38 Å². The van der Waals surface area contributed by atoms with Crippen molar-refractivity contribution in [3.05, 3.63) is 57.4 Å². The van der Waals surface area contributed by atoms with E-state index in [1.165, 1.54) is 5.57 Å². The van der Waals surface area contributed by atoms with Gasteiger partial charge in [0.1, 0.15) is 10.3 Å². The lowest BCUT2D eigenvalue weighted by atomic mass is 9.89. The van der Waals surface area contributed by atoms with Crippen LogP contribution >= 0.6 is 34.8 Å². The maximum absolute atomic E-state index is 11.0. The van der Waals surface area contributed by atoms with Crippen molar-refractivity contribution >= 4 is 46.8 Å². The molecule has 0 aliphatic heterocycles. The highest BCUT2D eigenvalue weighted by atomic mass is 35.5. The summed E-state index contributed by atoms with van der Waals surface area (Å²) in [6.45, 7) is 0. The highest BCUT2D eigenvalue weighted by molar-refractivity contribution is 6.32. The van der Waals surface area contributed by atoms with E-state index in [1.54, 1.807) is 18.2 Å². The van der Waals surface area contributed by atoms with Crippen molar-refractivity contribution in [1.82, 2.24) is 4.98 Å². The number of hydrogen-bond acceptors (Lipinski definition) is 2. The van der Waals surface area contributed by atoms with Crippen LogP contribution in [0.25, 0.3) is 6.08 Å². The first kappa shape index (κ1) is 20.4. The van der Waals surface area contributed by atoms with E-state index < -0.39 is 5.97 Å². The third kappa shape index (κ3) is 5.60. The molecule has 0 amide bonds. The van der Waals surface area contributed by atoms with E-state index in [9.17, 15) is 4.79 Å². The minimum atomic E-state index is -0.820. The summed E-state index contributed by atoms with van der Waals surface area (Å²) in [5.74, 6) is 0.0486. The smallest absolute Gasteiger partial charge is 0.331 e. The molecule has 0 saturated heterocycles. The monoisotopic (exact) mass is 425 g/mol. The van der Waals surface area contributed by atoms with Crippen LogP contribution in [0.15, 0.2) is 41.5 Å². The van der Waals surface area contributed by atoms with E-state index in [2.05, 4.69) is 17.1 Å². The van der Waals surface area contributed by atoms with E-state index in [4.69, 9.17) is 39.9 Å². The number of carboxylic acids is 1. The molecule has 0 spiro atoms. The molecule has 3 nitrogen and oxygen atoms in total. The number of allylic oxidation sites excluding steroid dienone is 4. The Bertz CT molecular complexity index is 780. The van der Waals surface area contributed by atoms with Gasteiger partial charge in [-0.25, -0.2) is 9.78 Å². The Morgan fingerprint density at radius 2 is 1.96 bits per heavy atom. The molecule has 1 saturated carbocycles. The third-order valence-electron chi connectivity index (χ3n) is 5.36. The normalized spacial score (nSPS) is 25.1. The summed E-state index contributed by atoms with van der Waals surface area (Å²) in [7, 11) is 0. The van der Waals surface area contributed by atoms with Crippen LogP contribution in [0.3, 0.4) is 0 Å². The van der Waals surface area contributed by atoms with Crippen LogP contribution in [-0.4, -0.2) is 21.4 Å². The first-order valence-corrected chi connectivity index (χ1v) is 10.4. The Hall–Kier alpha value is -1.29. The fraction of sp³-hybridized carbons (Fsp3) is 0.429. The zero-order valence-corrected chi connectivity index (χ0v) is 17.1. The summed E-state index contributed by atoms with van der Waals surface area (Å²) in [5.41, 5.74) is 2.63. The van der Waals surface area contributed by atoms with Crippen LogP contribution in [-0.2, 0) is 4.79 Å². The van der Waals surface area contributed by atoms with E-state index in [1.807, 2.05) is 6.08 Å². The molecule has 0 aromatic carbocycles. The first-order valence-electron chi connectivity index (χ1n) is 9.19. The van der Waals surface area contributed by atoms with Gasteiger partial charge in [0.25, 0.3) is 0 Å². The molecule has 1 fully saturated rings. The quantitative estimate of drug-likeness (QED) is 0.397. The SMILES string of the molecule is O=C(O)C1=CC=C(CCC[C@H]2C(Cl)CC[C@@H]2/C=C\c2cc(Cl)nc(Cl)c2)C1. The largest absolute Gasteiger partial charge is 0.478 e. The Balaban J connectivity index is 1.53. The molecule has 3 rings (SSSR count). The number of halogens is 3. The lowest BCUT2D eigenvalue weighted by Gasteiger charge is -2.19. The van der Waals surface area contributed by atoms with E-state index >= 15 is 0 Å². The number of aliphatic carboxylic acids is 1. The van der Waals surface area contributed by atoms with E-state index in [0.717, 1.165) is 37.7 Å². The molecule has 1 N–H and O–H groups in total. The molecule has 27 heavy (non-hydrogen) atoms. The van der Waals surface area contributed by atoms with Gasteiger partial charge in [-0.05, 0) is 61.6 Å². The third-order valence-corrected chi connectivity index (χ3v) is 6.29. The number of carboxylic acid groups (broad SMARTS) is 1. The zero-order valence-electron chi connectivity index (χ0n) is 14.9. The molecule has 2 aliphatic carbocycles. The maximum atomic E-state index is 11.0. The number of aromatic nitrogens is 1. The van der Waals surface area contributed by atoms with Gasteiger partial charge in [-0.1, -0.05) is 53.1 Å². The van der Waals surface area contributed by atoms with Gasteiger partial charge in [-0.2, -0.15) is 0 Å². The number of pyridine rings is 1. The van der Waals surface area contributed by atoms with Gasteiger partial charge >= 0.3 is 5.97 Å². The molecule has 1 unspecified atom stereocenters. The highest BCUT2D eigenvalue weighted by Crippen LogP contribution is 2.40. The molecule has 144 valence electrons. The molecule has 1 aromatic rings. The van der Waals surface area contributed by atoms with Gasteiger partial charge in [0.05, 0.1) is 0 Å². The Morgan fingerprint density at radius 3 is 2.63 bits per heavy atom. The summed E-state index contributed by atoms with van der Waals surface area (Å²) in [5, 5.41) is 10.0. The van der Waals surface area contributed by atoms with Crippen molar-refractivity contribution in [2.45, 2.75) is 43.9 Å². The van der Waals surface area contributed by atoms with Gasteiger partial charge in [-0.15, -0.1) is 11.6 Å². The number of nitrogens with zero attached hydrogens (tertiary/aromatic N) is 1. The van der Waals surface area contributed by atoms with Gasteiger partial charge in [0, 0.05) is 17.4 Å². The fourth-order valence-corrected chi connectivity index (χ4v) is 4.88. The second-order valence-electron chi connectivity index (χ2n) is 7.22. The zero-order chi connectivity index (χ0) is 19.4. The Labute approximate surface area is 174 Å². The number of hydrogen-bond donors (Lipinski definition) is 1. The van der Waals surface area contributed by atoms with Crippen molar-refractivity contribution < 1.29 is 9.90 Å². The second kappa shape index (κ2) is 9.27. The van der Waals surface area contributed by atoms with Crippen LogP contribution < -0.4 is 0 Å². The standard InChI is InChI=1S/C21H22Cl3NO2/c22-18-9-8-15(6-5-14-11-19(23)25-20(24)12-14)17(18)3-1-2-13-4-7-16(10-13)21(26)27/h4-7,11-12,15,17-18H,1-3,8-10H2,(H,26,27)/b6-5-/t15-,17+,18?/m0/s1. The molecule has 1 aromatic heterocycles. The molecule has 0 radical (unpaired) electrons. The number of carbonyl (C=O) groups is 1. The first-order chi connectivity index (χ1) is 12.9. The molecule has 6 heteroatoms. The predicted octanol–water partition coefficient (Wildman–Crippen LogP) is 6.55. The van der Waals surface area contributed by atoms with Crippen molar-refractivity contribution in [3.63, 3.8) is 0 Å². The summed E-state index contributed by atoms with van der Waals surface area (Å²) in [6.07, 6.45) is 13.6. The Morgan fingerprint density at radius 1 is 1.22 bits per heavy atom. The van der Waals surface area contributed by atoms with Gasteiger partial charge < -0.3 is 5.11 Å². The van der Waals surface area contributed by atoms with Crippen LogP contribution in [0, 0.1) is 11.8 Å². The van der Waals surface area contributed by atoms with Gasteiger partial charge in [0.15, 0.2) is 0 Å². The fourth-order valence-electron chi connectivity index (χ4n) is 3.96. The second-order valence-corrected chi connectivity index (χ2v) is 8.55. The average Bonchev–Trinajstić information content (AvgIpc) is 3.20. The summed E-state index contributed by atoms with van der Waals surface area (Å²) in [4.78, 5) is 15.0. The van der Waals surface area contributed by atoms with Crippen LogP contribution in [0.5, 0.6) is 0 Å². The van der Waals surface area contributed by atoms with Crippen molar-refractivity contribution in [2.75, 3.05) is 0 Å². The minimum Gasteiger partial charge on any atom is -0.478 e. The lowest BCUT2D eigenvalue weighted by Crippen LogP contribution is -2.13. The van der Waals surface area contributed by atoms with Crippen LogP contribution in [0.4, 0.5) is 0 Å². The topological polar surface area (TPSA) is 50.2 Å². The van der Waals surface area contributed by atoms with Crippen molar-refractivity contribution in [3.8, 4) is 0 Å². The molecule has 2 aliphatic rings. The van der Waals surface area contributed by atoms with E-state index in [0.29, 0.717) is 34.1 Å². The lowest BCUT2D eigenvalue weighted by molar-refractivity contribution is -0.132. The summed E-state index contributed by atoms with van der Waals surface area (Å²) in [6, 6.07) is 3.59. The minimum absolute atomic E-state index is 0.189. The van der Waals surface area contributed by atoms with Crippen LogP contribution in [0.1, 0.15) is 44.1 Å². The van der Waals surface area contributed by atoms with Gasteiger partial charge in [-0.3, -0.25) is 0 Å². The Kier molecular flexibility index (Phi) is 7.02. The molecule has 0 bridgehead atoms. The predicted molar refractivity (Wildman–Crippen MR) is 111 cm³/mol. The highest BCUT2D eigenvalue weighted by Gasteiger charge is 2.32. The average molecular weight is 427 g/mol.